The van der Waals surface area contributed by atoms with Gasteiger partial charge in [-0.1, -0.05) is 12.5 Å². The van der Waals surface area contributed by atoms with Gasteiger partial charge in [0.15, 0.2) is 0 Å². The molecule has 1 fully saturated rings. The molecule has 0 atom stereocenters. The van der Waals surface area contributed by atoms with Gasteiger partial charge >= 0.3 is 11.9 Å². The average molecular weight is 346 g/mol. The molecular formula is C19H26N2O4. The Bertz CT molecular complexity index is 606. The van der Waals surface area contributed by atoms with Crippen molar-refractivity contribution in [2.45, 2.75) is 32.1 Å². The zero-order valence-electron chi connectivity index (χ0n) is 14.4. The summed E-state index contributed by atoms with van der Waals surface area (Å²) in [5.74, 6) is -2.51. The monoisotopic (exact) mass is 346 g/mol. The van der Waals surface area contributed by atoms with E-state index in [4.69, 9.17) is 10.2 Å². The van der Waals surface area contributed by atoms with E-state index < -0.39 is 11.9 Å². The van der Waals surface area contributed by atoms with Gasteiger partial charge in [0, 0.05) is 44.0 Å². The topological polar surface area (TPSA) is 89.9 Å². The number of hydrogen-bond acceptors (Lipinski definition) is 4. The van der Waals surface area contributed by atoms with E-state index in [1.165, 1.54) is 37.8 Å². The quantitative estimate of drug-likeness (QED) is 0.573. The summed E-state index contributed by atoms with van der Waals surface area (Å²) < 4.78 is 0. The summed E-state index contributed by atoms with van der Waals surface area (Å²) in [6, 6.07) is 7.15. The van der Waals surface area contributed by atoms with Crippen molar-refractivity contribution in [2.24, 2.45) is 0 Å². The summed E-state index contributed by atoms with van der Waals surface area (Å²) in [5.41, 5.74) is 4.65. The van der Waals surface area contributed by atoms with E-state index in [0.29, 0.717) is 12.2 Å². The van der Waals surface area contributed by atoms with Crippen LogP contribution in [0.1, 0.15) is 30.4 Å². The SMILES string of the molecule is O=C(O)/C=C/C(=O)O.c1cc2c(cc1N1CCNCC1)CCCCC2. The van der Waals surface area contributed by atoms with Gasteiger partial charge in [-0.05, 0) is 48.9 Å². The van der Waals surface area contributed by atoms with Gasteiger partial charge in [0.05, 0.1) is 0 Å². The number of piperazine rings is 1. The number of anilines is 1. The molecule has 3 N–H and O–H groups in total. The maximum Gasteiger partial charge on any atom is 0.328 e. The molecule has 0 aromatic heterocycles. The lowest BCUT2D eigenvalue weighted by Crippen LogP contribution is -2.43. The number of nitrogens with zero attached hydrogens (tertiary/aromatic N) is 1. The molecule has 1 aliphatic heterocycles. The first-order valence-electron chi connectivity index (χ1n) is 8.77. The Balaban J connectivity index is 0.000000242. The highest BCUT2D eigenvalue weighted by atomic mass is 16.4. The summed E-state index contributed by atoms with van der Waals surface area (Å²) in [6.45, 7) is 4.55. The van der Waals surface area contributed by atoms with E-state index in [-0.39, 0.29) is 0 Å². The Morgan fingerprint density at radius 3 is 2.12 bits per heavy atom. The average Bonchev–Trinajstić information content (AvgIpc) is 2.86. The Morgan fingerprint density at radius 1 is 0.920 bits per heavy atom. The molecular weight excluding hydrogens is 320 g/mol. The van der Waals surface area contributed by atoms with Crippen LogP contribution < -0.4 is 10.2 Å². The number of fused-ring (bicyclic) bond motifs is 1. The third-order valence-electron chi connectivity index (χ3n) is 4.43. The number of hydrogen-bond donors (Lipinski definition) is 3. The maximum absolute atomic E-state index is 9.55. The molecule has 1 heterocycles. The number of rotatable bonds is 3. The summed E-state index contributed by atoms with van der Waals surface area (Å²) in [7, 11) is 0. The molecule has 0 radical (unpaired) electrons. The van der Waals surface area contributed by atoms with E-state index in [2.05, 4.69) is 28.4 Å². The Kier molecular flexibility index (Phi) is 7.47. The highest BCUT2D eigenvalue weighted by Crippen LogP contribution is 2.25. The smallest absolute Gasteiger partial charge is 0.328 e. The van der Waals surface area contributed by atoms with Crippen molar-refractivity contribution in [3.63, 3.8) is 0 Å². The highest BCUT2D eigenvalue weighted by molar-refractivity contribution is 5.89. The first kappa shape index (κ1) is 19.0. The zero-order valence-corrected chi connectivity index (χ0v) is 14.4. The van der Waals surface area contributed by atoms with Crippen molar-refractivity contribution < 1.29 is 19.8 Å². The van der Waals surface area contributed by atoms with Crippen LogP contribution in [-0.4, -0.2) is 48.3 Å². The van der Waals surface area contributed by atoms with Gasteiger partial charge in [-0.2, -0.15) is 0 Å². The van der Waals surface area contributed by atoms with Crippen LogP contribution in [0.2, 0.25) is 0 Å². The number of aliphatic carboxylic acids is 2. The fraction of sp³-hybridized carbons (Fsp3) is 0.474. The molecule has 1 aliphatic carbocycles. The lowest BCUT2D eigenvalue weighted by Gasteiger charge is -2.30. The Morgan fingerprint density at radius 2 is 1.52 bits per heavy atom. The molecule has 6 heteroatoms. The van der Waals surface area contributed by atoms with E-state index in [1.54, 1.807) is 11.1 Å². The van der Waals surface area contributed by atoms with Gasteiger partial charge in [0.2, 0.25) is 0 Å². The van der Waals surface area contributed by atoms with Gasteiger partial charge in [0.25, 0.3) is 0 Å². The van der Waals surface area contributed by atoms with Crippen LogP contribution in [0.5, 0.6) is 0 Å². The molecule has 25 heavy (non-hydrogen) atoms. The number of carboxylic acids is 2. The van der Waals surface area contributed by atoms with Crippen molar-refractivity contribution >= 4 is 17.6 Å². The lowest BCUT2D eigenvalue weighted by molar-refractivity contribution is -0.134. The third-order valence-corrected chi connectivity index (χ3v) is 4.43. The van der Waals surface area contributed by atoms with Gasteiger partial charge in [0.1, 0.15) is 0 Å². The standard InChI is InChI=1S/C15H22N2.C4H4O4/c1-2-4-13-6-7-15(12-14(13)5-3-1)17-10-8-16-9-11-17;5-3(6)1-2-4(7)8/h6-7,12,16H,1-5,8-11H2;1-2H,(H,5,6)(H,7,8)/b;2-1+. The third kappa shape index (κ3) is 6.58. The second-order valence-corrected chi connectivity index (χ2v) is 6.26. The Labute approximate surface area is 148 Å². The van der Waals surface area contributed by atoms with Crippen LogP contribution in [0, 0.1) is 0 Å². The van der Waals surface area contributed by atoms with Crippen molar-refractivity contribution in [1.82, 2.24) is 5.32 Å². The first-order valence-corrected chi connectivity index (χ1v) is 8.77. The molecule has 1 aromatic carbocycles. The molecule has 0 saturated carbocycles. The minimum atomic E-state index is -1.26. The molecule has 2 aliphatic rings. The summed E-state index contributed by atoms with van der Waals surface area (Å²) in [4.78, 5) is 21.6. The van der Waals surface area contributed by atoms with Gasteiger partial charge in [-0.3, -0.25) is 0 Å². The number of benzene rings is 1. The van der Waals surface area contributed by atoms with Gasteiger partial charge in [-0.15, -0.1) is 0 Å². The first-order chi connectivity index (χ1) is 12.1. The predicted molar refractivity (Wildman–Crippen MR) is 97.2 cm³/mol. The zero-order chi connectivity index (χ0) is 18.1. The number of nitrogens with one attached hydrogen (secondary N) is 1. The number of carbonyl (C=O) groups is 2. The predicted octanol–water partition coefficient (Wildman–Crippen LogP) is 2.08. The molecule has 6 nitrogen and oxygen atoms in total. The fourth-order valence-electron chi connectivity index (χ4n) is 3.16. The maximum atomic E-state index is 9.55. The number of aryl methyl sites for hydroxylation is 2. The van der Waals surface area contributed by atoms with E-state index in [0.717, 1.165) is 26.2 Å². The molecule has 3 rings (SSSR count). The van der Waals surface area contributed by atoms with Gasteiger partial charge < -0.3 is 20.4 Å². The summed E-state index contributed by atoms with van der Waals surface area (Å²) in [5, 5.41) is 19.0. The molecule has 0 amide bonds. The van der Waals surface area contributed by atoms with Crippen molar-refractivity contribution in [3.05, 3.63) is 41.5 Å². The molecule has 0 bridgehead atoms. The van der Waals surface area contributed by atoms with Crippen LogP contribution in [0.3, 0.4) is 0 Å². The van der Waals surface area contributed by atoms with Crippen LogP contribution in [0.15, 0.2) is 30.4 Å². The minimum absolute atomic E-state index is 0.558. The van der Waals surface area contributed by atoms with E-state index >= 15 is 0 Å². The van der Waals surface area contributed by atoms with Crippen molar-refractivity contribution in [2.75, 3.05) is 31.1 Å². The molecule has 1 saturated heterocycles. The molecule has 1 aromatic rings. The number of carboxylic acid groups (broad SMARTS) is 2. The lowest BCUT2D eigenvalue weighted by atomic mass is 10.0. The molecule has 0 spiro atoms. The van der Waals surface area contributed by atoms with E-state index in [1.807, 2.05) is 0 Å². The van der Waals surface area contributed by atoms with E-state index in [9.17, 15) is 9.59 Å². The van der Waals surface area contributed by atoms with Crippen LogP contribution >= 0.6 is 0 Å². The van der Waals surface area contributed by atoms with Gasteiger partial charge in [-0.25, -0.2) is 9.59 Å². The second-order valence-electron chi connectivity index (χ2n) is 6.26. The van der Waals surface area contributed by atoms with Crippen LogP contribution in [0.25, 0.3) is 0 Å². The highest BCUT2D eigenvalue weighted by Gasteiger charge is 2.13. The largest absolute Gasteiger partial charge is 0.478 e. The summed E-state index contributed by atoms with van der Waals surface area (Å²) >= 11 is 0. The Hall–Kier alpha value is -2.34. The van der Waals surface area contributed by atoms with Crippen molar-refractivity contribution in [3.8, 4) is 0 Å². The summed E-state index contributed by atoms with van der Waals surface area (Å²) in [6.07, 6.45) is 7.84. The second kappa shape index (κ2) is 9.84. The molecule has 136 valence electrons. The minimum Gasteiger partial charge on any atom is -0.478 e. The van der Waals surface area contributed by atoms with Crippen LogP contribution in [0.4, 0.5) is 5.69 Å². The normalized spacial score (nSPS) is 17.2. The fourth-order valence-corrected chi connectivity index (χ4v) is 3.16. The molecule has 0 unspecified atom stereocenters. The van der Waals surface area contributed by atoms with Crippen LogP contribution in [-0.2, 0) is 22.4 Å². The van der Waals surface area contributed by atoms with Crippen molar-refractivity contribution in [1.29, 1.82) is 0 Å².